The first kappa shape index (κ1) is 11.4. The molecule has 1 aliphatic rings. The Morgan fingerprint density at radius 1 is 1.56 bits per heavy atom. The van der Waals surface area contributed by atoms with Crippen LogP contribution in [0.4, 0.5) is 4.39 Å². The molecule has 1 aromatic carbocycles. The molecule has 88 valence electrons. The second kappa shape index (κ2) is 4.83. The van der Waals surface area contributed by atoms with Gasteiger partial charge >= 0.3 is 0 Å². The number of fused-ring (bicyclic) bond motifs is 1. The molecule has 0 fully saturated rings. The molecule has 2 nitrogen and oxygen atoms in total. The highest BCUT2D eigenvalue weighted by Crippen LogP contribution is 2.29. The van der Waals surface area contributed by atoms with E-state index in [9.17, 15) is 9.50 Å². The summed E-state index contributed by atoms with van der Waals surface area (Å²) < 4.78 is 18.7. The molecular weight excluding hydrogens is 207 g/mol. The van der Waals surface area contributed by atoms with Crippen molar-refractivity contribution in [1.82, 2.24) is 0 Å². The van der Waals surface area contributed by atoms with Crippen molar-refractivity contribution in [2.45, 2.75) is 44.8 Å². The van der Waals surface area contributed by atoms with Crippen LogP contribution in [0.3, 0.4) is 0 Å². The highest BCUT2D eigenvalue weighted by atomic mass is 19.1. The van der Waals surface area contributed by atoms with E-state index in [1.807, 2.05) is 6.92 Å². The third-order valence-electron chi connectivity index (χ3n) is 3.01. The zero-order chi connectivity index (χ0) is 11.5. The maximum atomic E-state index is 13.0. The van der Waals surface area contributed by atoms with Crippen molar-refractivity contribution >= 4 is 0 Å². The van der Waals surface area contributed by atoms with Crippen LogP contribution in [-0.2, 0) is 6.42 Å². The third-order valence-corrected chi connectivity index (χ3v) is 3.01. The highest BCUT2D eigenvalue weighted by molar-refractivity contribution is 5.35. The van der Waals surface area contributed by atoms with E-state index in [0.717, 1.165) is 31.2 Å². The van der Waals surface area contributed by atoms with Gasteiger partial charge in [0, 0.05) is 0 Å². The lowest BCUT2D eigenvalue weighted by atomic mass is 9.97. The van der Waals surface area contributed by atoms with Crippen LogP contribution in [0.2, 0.25) is 0 Å². The van der Waals surface area contributed by atoms with E-state index in [2.05, 4.69) is 0 Å². The molecule has 1 aliphatic heterocycles. The molecule has 16 heavy (non-hydrogen) atoms. The molecule has 1 aromatic rings. The smallest absolute Gasteiger partial charge is 0.125 e. The van der Waals surface area contributed by atoms with E-state index < -0.39 is 6.10 Å². The predicted molar refractivity (Wildman–Crippen MR) is 60.1 cm³/mol. The van der Waals surface area contributed by atoms with E-state index in [0.29, 0.717) is 5.75 Å². The summed E-state index contributed by atoms with van der Waals surface area (Å²) in [4.78, 5) is 0. The van der Waals surface area contributed by atoms with Gasteiger partial charge in [0.05, 0.1) is 6.10 Å². The molecular formula is C13H17FO2. The van der Waals surface area contributed by atoms with Gasteiger partial charge in [0.2, 0.25) is 0 Å². The average molecular weight is 224 g/mol. The lowest BCUT2D eigenvalue weighted by Gasteiger charge is -2.29. The fourth-order valence-corrected chi connectivity index (χ4v) is 2.13. The zero-order valence-electron chi connectivity index (χ0n) is 9.45. The van der Waals surface area contributed by atoms with Gasteiger partial charge in [-0.05, 0) is 43.0 Å². The summed E-state index contributed by atoms with van der Waals surface area (Å²) in [5.41, 5.74) is 0.903. The SMILES string of the molecule is CCC[C@@H](O)[C@@H]1CCc2cc(F)ccc2O1. The largest absolute Gasteiger partial charge is 0.487 e. The summed E-state index contributed by atoms with van der Waals surface area (Å²) in [6.45, 7) is 2.04. The van der Waals surface area contributed by atoms with Crippen LogP contribution in [0, 0.1) is 5.82 Å². The van der Waals surface area contributed by atoms with E-state index in [1.54, 1.807) is 6.07 Å². The molecule has 2 rings (SSSR count). The van der Waals surface area contributed by atoms with Crippen molar-refractivity contribution in [3.8, 4) is 5.75 Å². The minimum Gasteiger partial charge on any atom is -0.487 e. The van der Waals surface area contributed by atoms with Crippen LogP contribution >= 0.6 is 0 Å². The first-order chi connectivity index (χ1) is 7.70. The molecule has 1 heterocycles. The van der Waals surface area contributed by atoms with E-state index in [1.165, 1.54) is 12.1 Å². The van der Waals surface area contributed by atoms with Crippen LogP contribution in [0.15, 0.2) is 18.2 Å². The van der Waals surface area contributed by atoms with Gasteiger partial charge in [-0.1, -0.05) is 13.3 Å². The van der Waals surface area contributed by atoms with Gasteiger partial charge in [-0.2, -0.15) is 0 Å². The molecule has 0 amide bonds. The number of halogens is 1. The fourth-order valence-electron chi connectivity index (χ4n) is 2.13. The number of benzene rings is 1. The summed E-state index contributed by atoms with van der Waals surface area (Å²) in [5, 5.41) is 9.86. The van der Waals surface area contributed by atoms with Crippen LogP contribution < -0.4 is 4.74 Å². The maximum absolute atomic E-state index is 13.0. The Morgan fingerprint density at radius 3 is 3.12 bits per heavy atom. The monoisotopic (exact) mass is 224 g/mol. The van der Waals surface area contributed by atoms with Crippen molar-refractivity contribution in [3.05, 3.63) is 29.6 Å². The molecule has 3 heteroatoms. The number of aliphatic hydroxyl groups is 1. The molecule has 0 spiro atoms. The minimum atomic E-state index is -0.414. The van der Waals surface area contributed by atoms with Crippen LogP contribution in [0.1, 0.15) is 31.7 Å². The summed E-state index contributed by atoms with van der Waals surface area (Å²) in [6, 6.07) is 4.56. The fraction of sp³-hybridized carbons (Fsp3) is 0.538. The van der Waals surface area contributed by atoms with Crippen molar-refractivity contribution < 1.29 is 14.2 Å². The normalized spacial score (nSPS) is 21.1. The number of rotatable bonds is 3. The second-order valence-electron chi connectivity index (χ2n) is 4.30. The topological polar surface area (TPSA) is 29.5 Å². The Balaban J connectivity index is 2.09. The Labute approximate surface area is 95.1 Å². The molecule has 0 unspecified atom stereocenters. The van der Waals surface area contributed by atoms with Gasteiger partial charge in [-0.25, -0.2) is 4.39 Å². The molecule has 0 saturated heterocycles. The first-order valence-electron chi connectivity index (χ1n) is 5.84. The number of ether oxygens (including phenoxy) is 1. The summed E-state index contributed by atoms with van der Waals surface area (Å²) in [7, 11) is 0. The van der Waals surface area contributed by atoms with Crippen molar-refractivity contribution in [2.75, 3.05) is 0 Å². The van der Waals surface area contributed by atoms with Crippen LogP contribution in [0.5, 0.6) is 5.75 Å². The molecule has 0 saturated carbocycles. The van der Waals surface area contributed by atoms with Crippen LogP contribution in [0.25, 0.3) is 0 Å². The van der Waals surface area contributed by atoms with Crippen molar-refractivity contribution in [1.29, 1.82) is 0 Å². The van der Waals surface area contributed by atoms with Gasteiger partial charge in [0.15, 0.2) is 0 Å². The minimum absolute atomic E-state index is 0.141. The Morgan fingerprint density at radius 2 is 2.38 bits per heavy atom. The average Bonchev–Trinajstić information content (AvgIpc) is 2.28. The van der Waals surface area contributed by atoms with E-state index in [-0.39, 0.29) is 11.9 Å². The Hall–Kier alpha value is -1.09. The lowest BCUT2D eigenvalue weighted by molar-refractivity contribution is 0.0186. The first-order valence-corrected chi connectivity index (χ1v) is 5.84. The van der Waals surface area contributed by atoms with Crippen LogP contribution in [-0.4, -0.2) is 17.3 Å². The number of aliphatic hydroxyl groups excluding tert-OH is 1. The van der Waals surface area contributed by atoms with E-state index >= 15 is 0 Å². The molecule has 2 atom stereocenters. The third kappa shape index (κ3) is 2.35. The second-order valence-corrected chi connectivity index (χ2v) is 4.30. The van der Waals surface area contributed by atoms with Crippen molar-refractivity contribution in [2.24, 2.45) is 0 Å². The molecule has 1 N–H and O–H groups in total. The van der Waals surface area contributed by atoms with Gasteiger partial charge in [0.1, 0.15) is 17.7 Å². The lowest BCUT2D eigenvalue weighted by Crippen LogP contribution is -2.34. The maximum Gasteiger partial charge on any atom is 0.125 e. The van der Waals surface area contributed by atoms with Gasteiger partial charge < -0.3 is 9.84 Å². The standard InChI is InChI=1S/C13H17FO2/c1-2-3-11(15)13-6-4-9-8-10(14)5-7-12(9)16-13/h5,7-8,11,13,15H,2-4,6H2,1H3/t11-,13+/m1/s1. The number of hydrogen-bond donors (Lipinski definition) is 1. The van der Waals surface area contributed by atoms with Gasteiger partial charge in [0.25, 0.3) is 0 Å². The van der Waals surface area contributed by atoms with Gasteiger partial charge in [-0.3, -0.25) is 0 Å². The highest BCUT2D eigenvalue weighted by Gasteiger charge is 2.25. The summed E-state index contributed by atoms with van der Waals surface area (Å²) >= 11 is 0. The summed E-state index contributed by atoms with van der Waals surface area (Å²) in [5.74, 6) is 0.489. The Bertz CT molecular complexity index is 365. The molecule has 0 aliphatic carbocycles. The molecule has 0 radical (unpaired) electrons. The predicted octanol–water partition coefficient (Wildman–Crippen LogP) is 2.68. The summed E-state index contributed by atoms with van der Waals surface area (Å²) in [6.07, 6.45) is 2.68. The van der Waals surface area contributed by atoms with Gasteiger partial charge in [-0.15, -0.1) is 0 Å². The molecule has 0 bridgehead atoms. The zero-order valence-corrected chi connectivity index (χ0v) is 9.45. The number of hydrogen-bond acceptors (Lipinski definition) is 2. The van der Waals surface area contributed by atoms with E-state index in [4.69, 9.17) is 4.74 Å². The molecule has 0 aromatic heterocycles. The number of aryl methyl sites for hydroxylation is 1. The quantitative estimate of drug-likeness (QED) is 0.855. The van der Waals surface area contributed by atoms with Crippen molar-refractivity contribution in [3.63, 3.8) is 0 Å². The Kier molecular flexibility index (Phi) is 3.44.